The summed E-state index contributed by atoms with van der Waals surface area (Å²) in [5, 5.41) is 10.3. The predicted octanol–water partition coefficient (Wildman–Crippen LogP) is 3.74. The van der Waals surface area contributed by atoms with Crippen molar-refractivity contribution in [3.05, 3.63) is 0 Å². The fourth-order valence-electron chi connectivity index (χ4n) is 5.51. The molecule has 1 aliphatic heterocycles. The Balaban J connectivity index is 1.51. The molecule has 2 saturated carbocycles. The summed E-state index contributed by atoms with van der Waals surface area (Å²) in [6, 6.07) is 0. The third-order valence-corrected chi connectivity index (χ3v) is 6.64. The van der Waals surface area contributed by atoms with Crippen LogP contribution in [0.2, 0.25) is 0 Å². The van der Waals surface area contributed by atoms with E-state index in [1.165, 1.54) is 38.5 Å². The smallest absolute Gasteiger partial charge is 0.157 e. The van der Waals surface area contributed by atoms with Gasteiger partial charge in [-0.15, -0.1) is 0 Å². The highest BCUT2D eigenvalue weighted by molar-refractivity contribution is 5.01. The Labute approximate surface area is 129 Å². The Morgan fingerprint density at radius 3 is 2.71 bits per heavy atom. The van der Waals surface area contributed by atoms with Crippen LogP contribution in [0.4, 0.5) is 0 Å². The van der Waals surface area contributed by atoms with Crippen molar-refractivity contribution in [3.8, 4) is 0 Å². The summed E-state index contributed by atoms with van der Waals surface area (Å²) in [7, 11) is 0. The van der Waals surface area contributed by atoms with Crippen LogP contribution in [0, 0.1) is 23.2 Å². The van der Waals surface area contributed by atoms with Crippen LogP contribution in [0.3, 0.4) is 0 Å². The van der Waals surface area contributed by atoms with E-state index in [0.29, 0.717) is 11.3 Å². The first-order valence-corrected chi connectivity index (χ1v) is 9.02. The van der Waals surface area contributed by atoms with Crippen LogP contribution >= 0.6 is 0 Å². The van der Waals surface area contributed by atoms with Crippen LogP contribution in [-0.4, -0.2) is 30.7 Å². The van der Waals surface area contributed by atoms with Crippen molar-refractivity contribution in [2.24, 2.45) is 23.2 Å². The number of rotatable bonds is 5. The summed E-state index contributed by atoms with van der Waals surface area (Å²) in [6.07, 6.45) is 9.63. The third kappa shape index (κ3) is 3.16. The first kappa shape index (κ1) is 15.8. The molecule has 1 heterocycles. The van der Waals surface area contributed by atoms with E-state index in [0.717, 1.165) is 37.9 Å². The monoisotopic (exact) mass is 296 g/mol. The van der Waals surface area contributed by atoms with Crippen molar-refractivity contribution >= 4 is 0 Å². The van der Waals surface area contributed by atoms with Crippen molar-refractivity contribution in [1.29, 1.82) is 0 Å². The van der Waals surface area contributed by atoms with Gasteiger partial charge in [0.1, 0.15) is 0 Å². The number of hydrogen-bond donors (Lipinski definition) is 1. The maximum Gasteiger partial charge on any atom is 0.157 e. The maximum absolute atomic E-state index is 10.3. The van der Waals surface area contributed by atoms with Crippen LogP contribution < -0.4 is 0 Å². The number of ether oxygens (including phenoxy) is 2. The van der Waals surface area contributed by atoms with Crippen LogP contribution in [0.5, 0.6) is 0 Å². The lowest BCUT2D eigenvalue weighted by atomic mass is 9.61. The fourth-order valence-corrected chi connectivity index (χ4v) is 5.51. The molecule has 0 spiro atoms. The molecule has 21 heavy (non-hydrogen) atoms. The minimum absolute atomic E-state index is 0.0405. The van der Waals surface area contributed by atoms with Gasteiger partial charge in [-0.1, -0.05) is 26.7 Å². The second-order valence-electron chi connectivity index (χ2n) is 7.84. The molecule has 1 saturated heterocycles. The average molecular weight is 296 g/mol. The third-order valence-electron chi connectivity index (χ3n) is 6.64. The van der Waals surface area contributed by atoms with E-state index >= 15 is 0 Å². The van der Waals surface area contributed by atoms with E-state index in [-0.39, 0.29) is 12.4 Å². The van der Waals surface area contributed by atoms with Gasteiger partial charge < -0.3 is 14.6 Å². The molecular formula is C18H32O3. The minimum atomic E-state index is -0.0405. The first-order chi connectivity index (χ1) is 10.1. The molecule has 2 aliphatic carbocycles. The Bertz CT molecular complexity index is 339. The van der Waals surface area contributed by atoms with Gasteiger partial charge in [0, 0.05) is 0 Å². The Morgan fingerprint density at radius 2 is 1.95 bits per heavy atom. The molecule has 3 nitrogen and oxygen atoms in total. The summed E-state index contributed by atoms with van der Waals surface area (Å²) in [6.45, 7) is 6.41. The molecule has 0 aromatic carbocycles. The second kappa shape index (κ2) is 6.55. The van der Waals surface area contributed by atoms with Crippen molar-refractivity contribution in [3.63, 3.8) is 0 Å². The molecule has 0 bridgehead atoms. The molecular weight excluding hydrogens is 264 g/mol. The molecule has 3 aliphatic rings. The molecule has 3 rings (SSSR count). The van der Waals surface area contributed by atoms with Crippen LogP contribution in [0.15, 0.2) is 0 Å². The maximum atomic E-state index is 10.3. The molecule has 3 heteroatoms. The second-order valence-corrected chi connectivity index (χ2v) is 7.84. The van der Waals surface area contributed by atoms with E-state index in [1.54, 1.807) is 0 Å². The summed E-state index contributed by atoms with van der Waals surface area (Å²) in [5.41, 5.74) is 0.386. The highest BCUT2D eigenvalue weighted by Crippen LogP contribution is 2.58. The van der Waals surface area contributed by atoms with E-state index < -0.39 is 0 Å². The molecule has 122 valence electrons. The summed E-state index contributed by atoms with van der Waals surface area (Å²) >= 11 is 0. The molecule has 5 atom stereocenters. The molecule has 0 radical (unpaired) electrons. The lowest BCUT2D eigenvalue weighted by Gasteiger charge is -2.45. The van der Waals surface area contributed by atoms with Gasteiger partial charge in [0.2, 0.25) is 0 Å². The topological polar surface area (TPSA) is 38.7 Å². The van der Waals surface area contributed by atoms with Gasteiger partial charge in [-0.2, -0.15) is 0 Å². The zero-order valence-corrected chi connectivity index (χ0v) is 13.7. The largest absolute Gasteiger partial charge is 0.393 e. The standard InChI is InChI=1S/C18H32O3/c1-13(5-3-7-17-20-11-12-21-17)14-8-9-15-16(19)6-4-10-18(14,15)2/h13-17,19H,3-12H2,1-2H3/t13?,14-,15+,16+,18-/m1/s1. The van der Waals surface area contributed by atoms with Gasteiger partial charge in [0.25, 0.3) is 0 Å². The van der Waals surface area contributed by atoms with E-state index in [9.17, 15) is 5.11 Å². The molecule has 1 N–H and O–H groups in total. The number of hydrogen-bond acceptors (Lipinski definition) is 3. The molecule has 0 aromatic heterocycles. The number of aliphatic hydroxyl groups is 1. The van der Waals surface area contributed by atoms with Crippen LogP contribution in [-0.2, 0) is 9.47 Å². The Kier molecular flexibility index (Phi) is 4.92. The zero-order valence-electron chi connectivity index (χ0n) is 13.7. The van der Waals surface area contributed by atoms with Crippen molar-refractivity contribution in [1.82, 2.24) is 0 Å². The Hall–Kier alpha value is -0.120. The normalized spacial score (nSPS) is 42.1. The highest BCUT2D eigenvalue weighted by atomic mass is 16.7. The van der Waals surface area contributed by atoms with Crippen LogP contribution in [0.1, 0.15) is 65.2 Å². The van der Waals surface area contributed by atoms with Gasteiger partial charge in [0.05, 0.1) is 19.3 Å². The molecule has 3 fully saturated rings. The average Bonchev–Trinajstić information content (AvgIpc) is 3.06. The molecule has 1 unspecified atom stereocenters. The summed E-state index contributed by atoms with van der Waals surface area (Å²) in [5.74, 6) is 2.11. The van der Waals surface area contributed by atoms with E-state index in [2.05, 4.69) is 13.8 Å². The van der Waals surface area contributed by atoms with Gasteiger partial charge in [0.15, 0.2) is 6.29 Å². The van der Waals surface area contributed by atoms with Gasteiger partial charge in [-0.3, -0.25) is 0 Å². The summed E-state index contributed by atoms with van der Waals surface area (Å²) < 4.78 is 11.0. The van der Waals surface area contributed by atoms with Crippen LogP contribution in [0.25, 0.3) is 0 Å². The first-order valence-electron chi connectivity index (χ1n) is 9.02. The van der Waals surface area contributed by atoms with E-state index in [4.69, 9.17) is 9.47 Å². The van der Waals surface area contributed by atoms with Crippen molar-refractivity contribution < 1.29 is 14.6 Å². The lowest BCUT2D eigenvalue weighted by Crippen LogP contribution is -2.41. The van der Waals surface area contributed by atoms with Crippen molar-refractivity contribution in [2.75, 3.05) is 13.2 Å². The SMILES string of the molecule is CC(CCCC1OCCO1)[C@H]1CC[C@H]2[C@@H](O)CCC[C@]12C. The van der Waals surface area contributed by atoms with Crippen molar-refractivity contribution in [2.45, 2.75) is 77.6 Å². The predicted molar refractivity (Wildman–Crippen MR) is 82.9 cm³/mol. The van der Waals surface area contributed by atoms with E-state index in [1.807, 2.05) is 0 Å². The molecule has 0 aromatic rings. The van der Waals surface area contributed by atoms with Gasteiger partial charge in [-0.05, 0) is 61.7 Å². The number of aliphatic hydroxyl groups excluding tert-OH is 1. The Morgan fingerprint density at radius 1 is 1.19 bits per heavy atom. The fraction of sp³-hybridized carbons (Fsp3) is 1.00. The number of fused-ring (bicyclic) bond motifs is 1. The minimum Gasteiger partial charge on any atom is -0.393 e. The lowest BCUT2D eigenvalue weighted by molar-refractivity contribution is -0.0505. The zero-order chi connectivity index (χ0) is 14.9. The van der Waals surface area contributed by atoms with Gasteiger partial charge in [-0.25, -0.2) is 0 Å². The highest BCUT2D eigenvalue weighted by Gasteiger charge is 2.51. The summed E-state index contributed by atoms with van der Waals surface area (Å²) in [4.78, 5) is 0. The molecule has 0 amide bonds. The van der Waals surface area contributed by atoms with Gasteiger partial charge >= 0.3 is 0 Å². The quantitative estimate of drug-likeness (QED) is 0.840.